The fourth-order valence-corrected chi connectivity index (χ4v) is 2.29. The Morgan fingerprint density at radius 3 is 2.09 bits per heavy atom. The van der Waals surface area contributed by atoms with Gasteiger partial charge >= 0.3 is 11.9 Å². The molecule has 7 nitrogen and oxygen atoms in total. The SMILES string of the molecule is COC(=O)c1ccc(C2OC(C)(OC)C(C)(OC)OC2=O)cc1. The van der Waals surface area contributed by atoms with E-state index in [1.807, 2.05) is 0 Å². The summed E-state index contributed by atoms with van der Waals surface area (Å²) in [5, 5.41) is 0. The van der Waals surface area contributed by atoms with E-state index in [0.29, 0.717) is 11.1 Å². The summed E-state index contributed by atoms with van der Waals surface area (Å²) in [6.45, 7) is 3.18. The summed E-state index contributed by atoms with van der Waals surface area (Å²) in [5.74, 6) is -3.73. The summed E-state index contributed by atoms with van der Waals surface area (Å²) in [5.41, 5.74) is 0.903. The van der Waals surface area contributed by atoms with Crippen molar-refractivity contribution in [3.05, 3.63) is 35.4 Å². The minimum atomic E-state index is -1.37. The molecule has 0 bridgehead atoms. The molecule has 7 heteroatoms. The van der Waals surface area contributed by atoms with Crippen LogP contribution in [0.2, 0.25) is 0 Å². The standard InChI is InChI=1S/C16H20O7/c1-15(20-4)16(2,21-5)23-14(18)12(22-15)10-6-8-11(9-7-10)13(17)19-3/h6-9,12H,1-5H3. The van der Waals surface area contributed by atoms with Crippen LogP contribution in [-0.4, -0.2) is 44.8 Å². The van der Waals surface area contributed by atoms with Crippen molar-refractivity contribution in [2.45, 2.75) is 31.5 Å². The monoisotopic (exact) mass is 324 g/mol. The van der Waals surface area contributed by atoms with Crippen molar-refractivity contribution in [2.24, 2.45) is 0 Å². The number of methoxy groups -OCH3 is 3. The van der Waals surface area contributed by atoms with E-state index in [4.69, 9.17) is 18.9 Å². The third kappa shape index (κ3) is 2.95. The highest BCUT2D eigenvalue weighted by atomic mass is 16.8. The molecule has 23 heavy (non-hydrogen) atoms. The van der Waals surface area contributed by atoms with Crippen LogP contribution in [0.15, 0.2) is 24.3 Å². The van der Waals surface area contributed by atoms with Crippen molar-refractivity contribution in [3.8, 4) is 0 Å². The van der Waals surface area contributed by atoms with Crippen LogP contribution in [0.3, 0.4) is 0 Å². The van der Waals surface area contributed by atoms with Gasteiger partial charge in [0.05, 0.1) is 12.7 Å². The van der Waals surface area contributed by atoms with E-state index in [1.165, 1.54) is 21.3 Å². The van der Waals surface area contributed by atoms with Gasteiger partial charge in [0.1, 0.15) is 0 Å². The lowest BCUT2D eigenvalue weighted by Gasteiger charge is -2.47. The molecular formula is C16H20O7. The second-order valence-corrected chi connectivity index (χ2v) is 5.33. The van der Waals surface area contributed by atoms with Gasteiger partial charge in [-0.05, 0) is 24.6 Å². The molecule has 126 valence electrons. The summed E-state index contributed by atoms with van der Waals surface area (Å²) in [6.07, 6.45) is -0.991. The second kappa shape index (κ2) is 6.27. The fourth-order valence-electron chi connectivity index (χ4n) is 2.29. The molecule has 0 aromatic heterocycles. The van der Waals surface area contributed by atoms with Crippen molar-refractivity contribution in [1.29, 1.82) is 0 Å². The van der Waals surface area contributed by atoms with Crippen molar-refractivity contribution >= 4 is 11.9 Å². The smallest absolute Gasteiger partial charge is 0.342 e. The Kier molecular flexibility index (Phi) is 4.74. The number of hydrogen-bond acceptors (Lipinski definition) is 7. The van der Waals surface area contributed by atoms with E-state index in [-0.39, 0.29) is 0 Å². The summed E-state index contributed by atoms with van der Waals surface area (Å²) in [7, 11) is 4.14. The van der Waals surface area contributed by atoms with Gasteiger partial charge in [0.2, 0.25) is 5.79 Å². The van der Waals surface area contributed by atoms with Gasteiger partial charge in [0.25, 0.3) is 5.79 Å². The van der Waals surface area contributed by atoms with Crippen LogP contribution >= 0.6 is 0 Å². The van der Waals surface area contributed by atoms with Crippen molar-refractivity contribution in [1.82, 2.24) is 0 Å². The fraction of sp³-hybridized carbons (Fsp3) is 0.500. The zero-order valence-electron chi connectivity index (χ0n) is 13.7. The number of ether oxygens (including phenoxy) is 5. The van der Waals surface area contributed by atoms with Crippen LogP contribution in [0.4, 0.5) is 0 Å². The number of carbonyl (C=O) groups excluding carboxylic acids is 2. The van der Waals surface area contributed by atoms with Crippen LogP contribution in [-0.2, 0) is 28.5 Å². The summed E-state index contributed by atoms with van der Waals surface area (Å²) < 4.78 is 26.5. The number of hydrogen-bond donors (Lipinski definition) is 0. The Hall–Kier alpha value is -1.96. The molecule has 1 aliphatic rings. The Labute approximate surface area is 134 Å². The molecule has 0 N–H and O–H groups in total. The molecule has 1 aromatic carbocycles. The molecule has 1 saturated heterocycles. The molecular weight excluding hydrogens is 304 g/mol. The van der Waals surface area contributed by atoms with Crippen LogP contribution in [0.1, 0.15) is 35.9 Å². The molecule has 3 atom stereocenters. The van der Waals surface area contributed by atoms with Gasteiger partial charge in [-0.3, -0.25) is 0 Å². The van der Waals surface area contributed by atoms with E-state index in [1.54, 1.807) is 38.1 Å². The van der Waals surface area contributed by atoms with E-state index in [0.717, 1.165) is 0 Å². The van der Waals surface area contributed by atoms with Gasteiger partial charge in [0, 0.05) is 21.1 Å². The van der Waals surface area contributed by atoms with Crippen LogP contribution in [0.5, 0.6) is 0 Å². The maximum absolute atomic E-state index is 12.3. The van der Waals surface area contributed by atoms with Gasteiger partial charge in [-0.25, -0.2) is 9.59 Å². The Bertz CT molecular complexity index is 597. The maximum atomic E-state index is 12.3. The number of benzene rings is 1. The lowest BCUT2D eigenvalue weighted by molar-refractivity contribution is -0.407. The highest BCUT2D eigenvalue weighted by Crippen LogP contribution is 2.41. The molecule has 1 fully saturated rings. The molecule has 1 heterocycles. The first-order chi connectivity index (χ1) is 10.8. The van der Waals surface area contributed by atoms with Crippen LogP contribution < -0.4 is 0 Å². The Morgan fingerprint density at radius 2 is 1.61 bits per heavy atom. The highest BCUT2D eigenvalue weighted by Gasteiger charge is 2.57. The lowest BCUT2D eigenvalue weighted by Crippen LogP contribution is -2.62. The molecule has 3 unspecified atom stereocenters. The first-order valence-corrected chi connectivity index (χ1v) is 6.99. The summed E-state index contributed by atoms with van der Waals surface area (Å²) >= 11 is 0. The second-order valence-electron chi connectivity index (χ2n) is 5.33. The Balaban J connectivity index is 2.30. The number of esters is 2. The van der Waals surface area contributed by atoms with Gasteiger partial charge in [-0.1, -0.05) is 12.1 Å². The predicted molar refractivity (Wildman–Crippen MR) is 78.5 cm³/mol. The zero-order valence-corrected chi connectivity index (χ0v) is 13.7. The largest absolute Gasteiger partial charge is 0.465 e. The molecule has 2 rings (SSSR count). The summed E-state index contributed by atoms with van der Waals surface area (Å²) in [6, 6.07) is 6.30. The molecule has 0 aliphatic carbocycles. The molecule has 1 aromatic rings. The molecule has 0 radical (unpaired) electrons. The topological polar surface area (TPSA) is 80.3 Å². The third-order valence-electron chi connectivity index (χ3n) is 4.09. The quantitative estimate of drug-likeness (QED) is 0.781. The Morgan fingerprint density at radius 1 is 1.04 bits per heavy atom. The van der Waals surface area contributed by atoms with E-state index >= 15 is 0 Å². The highest BCUT2D eigenvalue weighted by molar-refractivity contribution is 5.89. The van der Waals surface area contributed by atoms with Crippen LogP contribution in [0, 0.1) is 0 Å². The van der Waals surface area contributed by atoms with Crippen molar-refractivity contribution < 1.29 is 33.3 Å². The maximum Gasteiger partial charge on any atom is 0.342 e. The molecule has 1 aliphatic heterocycles. The molecule has 0 spiro atoms. The number of cyclic esters (lactones) is 1. The normalized spacial score (nSPS) is 30.7. The van der Waals surface area contributed by atoms with E-state index in [9.17, 15) is 9.59 Å². The van der Waals surface area contributed by atoms with Gasteiger partial charge in [0.15, 0.2) is 6.10 Å². The minimum Gasteiger partial charge on any atom is -0.465 e. The minimum absolute atomic E-state index is 0.372. The third-order valence-corrected chi connectivity index (χ3v) is 4.09. The van der Waals surface area contributed by atoms with Crippen LogP contribution in [0.25, 0.3) is 0 Å². The zero-order chi connectivity index (χ0) is 17.3. The predicted octanol–water partition coefficient (Wildman–Crippen LogP) is 1.81. The van der Waals surface area contributed by atoms with Crippen molar-refractivity contribution in [2.75, 3.05) is 21.3 Å². The number of carbonyl (C=O) groups is 2. The first kappa shape index (κ1) is 17.4. The van der Waals surface area contributed by atoms with Gasteiger partial charge < -0.3 is 23.7 Å². The van der Waals surface area contributed by atoms with Crippen molar-refractivity contribution in [3.63, 3.8) is 0 Å². The first-order valence-electron chi connectivity index (χ1n) is 6.99. The molecule has 0 amide bonds. The lowest BCUT2D eigenvalue weighted by atomic mass is 10.0. The average Bonchev–Trinajstić information content (AvgIpc) is 2.57. The van der Waals surface area contributed by atoms with Gasteiger partial charge in [-0.15, -0.1) is 0 Å². The van der Waals surface area contributed by atoms with E-state index < -0.39 is 29.6 Å². The summed E-state index contributed by atoms with van der Waals surface area (Å²) in [4.78, 5) is 23.7. The van der Waals surface area contributed by atoms with E-state index in [2.05, 4.69) is 4.74 Å². The molecule has 0 saturated carbocycles. The number of rotatable bonds is 4. The average molecular weight is 324 g/mol. The van der Waals surface area contributed by atoms with Gasteiger partial charge in [-0.2, -0.15) is 0 Å².